The summed E-state index contributed by atoms with van der Waals surface area (Å²) in [5, 5.41) is 3.45. The van der Waals surface area contributed by atoms with E-state index in [2.05, 4.69) is 16.4 Å². The van der Waals surface area contributed by atoms with Gasteiger partial charge in [0.2, 0.25) is 0 Å². The smallest absolute Gasteiger partial charge is 0.264 e. The topological polar surface area (TPSA) is 41.5 Å². The van der Waals surface area contributed by atoms with Crippen LogP contribution in [0.4, 0.5) is 5.69 Å². The minimum atomic E-state index is -0.0992. The average Bonchev–Trinajstić information content (AvgIpc) is 2.84. The van der Waals surface area contributed by atoms with E-state index in [9.17, 15) is 4.79 Å². The van der Waals surface area contributed by atoms with Crippen molar-refractivity contribution in [1.29, 1.82) is 0 Å². The molecule has 1 fully saturated rings. The number of carbonyl (C=O) groups is 1. The molecule has 22 heavy (non-hydrogen) atoms. The van der Waals surface area contributed by atoms with Crippen LogP contribution in [-0.2, 0) is 4.79 Å². The van der Waals surface area contributed by atoms with Crippen LogP contribution < -0.4 is 5.32 Å². The molecule has 3 nitrogen and oxygen atoms in total. The molecular weight excluding hydrogens is 292 g/mol. The first-order chi connectivity index (χ1) is 10.6. The highest BCUT2D eigenvalue weighted by Gasteiger charge is 2.23. The third-order valence-corrected chi connectivity index (χ3v) is 4.24. The number of benzene rings is 2. The van der Waals surface area contributed by atoms with Crippen LogP contribution in [0, 0.1) is 13.8 Å². The largest absolute Gasteiger partial charge is 0.300 e. The molecule has 4 heteroatoms. The molecule has 3 rings (SSSR count). The number of aliphatic imine (C=N–C) groups is 1. The second-order valence-corrected chi connectivity index (χ2v) is 6.21. The third-order valence-electron chi connectivity index (χ3n) is 3.33. The molecule has 2 aromatic rings. The Hall–Kier alpha value is -2.33. The monoisotopic (exact) mass is 308 g/mol. The lowest BCUT2D eigenvalue weighted by Crippen LogP contribution is -2.19. The number of rotatable bonds is 2. The number of hydrogen-bond acceptors (Lipinski definition) is 3. The number of thioether (sulfide) groups is 1. The Balaban J connectivity index is 1.87. The molecule has 0 unspecified atom stereocenters. The molecule has 1 amide bonds. The number of aryl methyl sites for hydroxylation is 2. The van der Waals surface area contributed by atoms with Gasteiger partial charge in [-0.1, -0.05) is 42.5 Å². The van der Waals surface area contributed by atoms with Gasteiger partial charge in [0.1, 0.15) is 0 Å². The lowest BCUT2D eigenvalue weighted by molar-refractivity contribution is -0.115. The van der Waals surface area contributed by atoms with Crippen molar-refractivity contribution in [3.8, 4) is 0 Å². The van der Waals surface area contributed by atoms with E-state index in [1.807, 2.05) is 62.4 Å². The highest BCUT2D eigenvalue weighted by Crippen LogP contribution is 2.29. The summed E-state index contributed by atoms with van der Waals surface area (Å²) in [7, 11) is 0. The molecule has 0 saturated carbocycles. The van der Waals surface area contributed by atoms with Crippen LogP contribution in [0.1, 0.15) is 16.7 Å². The van der Waals surface area contributed by atoms with Crippen molar-refractivity contribution in [2.45, 2.75) is 13.8 Å². The average molecular weight is 308 g/mol. The summed E-state index contributed by atoms with van der Waals surface area (Å²) in [5.74, 6) is -0.0992. The lowest BCUT2D eigenvalue weighted by Gasteiger charge is -2.02. The van der Waals surface area contributed by atoms with Crippen molar-refractivity contribution < 1.29 is 4.79 Å². The van der Waals surface area contributed by atoms with Gasteiger partial charge in [-0.15, -0.1) is 0 Å². The molecule has 1 aliphatic rings. The van der Waals surface area contributed by atoms with Crippen molar-refractivity contribution in [1.82, 2.24) is 5.32 Å². The van der Waals surface area contributed by atoms with Crippen LogP contribution in [-0.4, -0.2) is 11.1 Å². The van der Waals surface area contributed by atoms with Gasteiger partial charge in [-0.2, -0.15) is 0 Å². The maximum atomic E-state index is 12.1. The maximum absolute atomic E-state index is 12.1. The van der Waals surface area contributed by atoms with Gasteiger partial charge in [0, 0.05) is 0 Å². The molecule has 1 N–H and O–H groups in total. The van der Waals surface area contributed by atoms with Crippen LogP contribution >= 0.6 is 11.8 Å². The Morgan fingerprint density at radius 1 is 1.09 bits per heavy atom. The van der Waals surface area contributed by atoms with E-state index in [4.69, 9.17) is 0 Å². The van der Waals surface area contributed by atoms with Gasteiger partial charge in [0.15, 0.2) is 5.17 Å². The normalized spacial score (nSPS) is 18.0. The fraction of sp³-hybridized carbons (Fsp3) is 0.111. The minimum Gasteiger partial charge on any atom is -0.300 e. The number of amides is 1. The van der Waals surface area contributed by atoms with E-state index in [-0.39, 0.29) is 5.91 Å². The zero-order valence-corrected chi connectivity index (χ0v) is 13.3. The molecule has 110 valence electrons. The zero-order chi connectivity index (χ0) is 15.5. The summed E-state index contributed by atoms with van der Waals surface area (Å²) in [6.07, 6.45) is 1.88. The Labute approximate surface area is 134 Å². The minimum absolute atomic E-state index is 0.0992. The van der Waals surface area contributed by atoms with E-state index < -0.39 is 0 Å². The predicted octanol–water partition coefficient (Wildman–Crippen LogP) is 4.20. The number of nitrogens with one attached hydrogen (secondary N) is 1. The van der Waals surface area contributed by atoms with Gasteiger partial charge in [0.05, 0.1) is 10.6 Å². The van der Waals surface area contributed by atoms with Crippen LogP contribution in [0.5, 0.6) is 0 Å². The number of carbonyl (C=O) groups excluding carboxylic acids is 1. The standard InChI is InChI=1S/C18H16N2OS/c1-12-8-9-13(2)15(10-12)19-18-20-17(21)16(22-18)11-14-6-4-3-5-7-14/h3-11H,1-2H3,(H,19,20,21). The van der Waals surface area contributed by atoms with Crippen LogP contribution in [0.25, 0.3) is 6.08 Å². The highest BCUT2D eigenvalue weighted by atomic mass is 32.2. The highest BCUT2D eigenvalue weighted by molar-refractivity contribution is 8.18. The van der Waals surface area contributed by atoms with Crippen LogP contribution in [0.2, 0.25) is 0 Å². The van der Waals surface area contributed by atoms with E-state index in [1.54, 1.807) is 0 Å². The van der Waals surface area contributed by atoms with Gasteiger partial charge < -0.3 is 5.32 Å². The molecule has 1 saturated heterocycles. The van der Waals surface area contributed by atoms with Gasteiger partial charge in [0.25, 0.3) is 5.91 Å². The number of amidine groups is 1. The Kier molecular flexibility index (Phi) is 4.11. The summed E-state index contributed by atoms with van der Waals surface area (Å²) >= 11 is 1.37. The second kappa shape index (κ2) is 6.20. The molecule has 0 aliphatic carbocycles. The zero-order valence-electron chi connectivity index (χ0n) is 12.5. The number of nitrogens with zero attached hydrogens (tertiary/aromatic N) is 1. The summed E-state index contributed by atoms with van der Waals surface area (Å²) in [6.45, 7) is 4.05. The Morgan fingerprint density at radius 3 is 2.64 bits per heavy atom. The molecule has 2 aromatic carbocycles. The molecule has 1 heterocycles. The van der Waals surface area contributed by atoms with Crippen LogP contribution in [0.3, 0.4) is 0 Å². The van der Waals surface area contributed by atoms with Gasteiger partial charge in [-0.05, 0) is 54.4 Å². The summed E-state index contributed by atoms with van der Waals surface area (Å²) < 4.78 is 0. The first-order valence-corrected chi connectivity index (χ1v) is 7.85. The van der Waals surface area contributed by atoms with Crippen molar-refractivity contribution in [2.75, 3.05) is 0 Å². The first kappa shape index (κ1) is 14.6. The van der Waals surface area contributed by atoms with Gasteiger partial charge >= 0.3 is 0 Å². The predicted molar refractivity (Wildman–Crippen MR) is 93.2 cm³/mol. The van der Waals surface area contributed by atoms with Crippen molar-refractivity contribution in [2.24, 2.45) is 4.99 Å². The molecule has 0 aromatic heterocycles. The van der Waals surface area contributed by atoms with Crippen molar-refractivity contribution in [3.05, 3.63) is 70.1 Å². The van der Waals surface area contributed by atoms with E-state index in [0.29, 0.717) is 10.1 Å². The molecular formula is C18H16N2OS. The Bertz CT molecular complexity index is 779. The van der Waals surface area contributed by atoms with E-state index in [0.717, 1.165) is 22.4 Å². The molecule has 0 bridgehead atoms. The van der Waals surface area contributed by atoms with Gasteiger partial charge in [-0.3, -0.25) is 4.79 Å². The first-order valence-electron chi connectivity index (χ1n) is 7.04. The summed E-state index contributed by atoms with van der Waals surface area (Å²) in [5.41, 5.74) is 4.14. The quantitative estimate of drug-likeness (QED) is 0.845. The van der Waals surface area contributed by atoms with Crippen molar-refractivity contribution in [3.63, 3.8) is 0 Å². The van der Waals surface area contributed by atoms with E-state index >= 15 is 0 Å². The summed E-state index contributed by atoms with van der Waals surface area (Å²) in [4.78, 5) is 17.3. The molecule has 1 aliphatic heterocycles. The van der Waals surface area contributed by atoms with Crippen molar-refractivity contribution >= 4 is 34.6 Å². The van der Waals surface area contributed by atoms with E-state index in [1.165, 1.54) is 11.8 Å². The molecule has 0 radical (unpaired) electrons. The SMILES string of the molecule is Cc1ccc(C)c(N=C2NC(=O)C(=Cc3ccccc3)S2)c1. The molecule has 0 spiro atoms. The lowest BCUT2D eigenvalue weighted by atomic mass is 10.1. The van der Waals surface area contributed by atoms with Crippen LogP contribution in [0.15, 0.2) is 58.4 Å². The fourth-order valence-electron chi connectivity index (χ4n) is 2.13. The Morgan fingerprint density at radius 2 is 1.86 bits per heavy atom. The van der Waals surface area contributed by atoms with Gasteiger partial charge in [-0.25, -0.2) is 4.99 Å². The molecule has 0 atom stereocenters. The third kappa shape index (κ3) is 3.28. The fourth-order valence-corrected chi connectivity index (χ4v) is 2.97. The number of hydrogen-bond donors (Lipinski definition) is 1. The summed E-state index contributed by atoms with van der Waals surface area (Å²) in [6, 6.07) is 15.9. The second-order valence-electron chi connectivity index (χ2n) is 5.18. The maximum Gasteiger partial charge on any atom is 0.264 e.